The highest BCUT2D eigenvalue weighted by Crippen LogP contribution is 2.29. The van der Waals surface area contributed by atoms with Crippen LogP contribution in [-0.4, -0.2) is 28.3 Å². The van der Waals surface area contributed by atoms with E-state index in [1.54, 1.807) is 18.3 Å². The first-order chi connectivity index (χ1) is 9.17. The van der Waals surface area contributed by atoms with Crippen molar-refractivity contribution in [1.29, 1.82) is 0 Å². The molecule has 2 rings (SSSR count). The second kappa shape index (κ2) is 5.43. The van der Waals surface area contributed by atoms with Gasteiger partial charge in [-0.15, -0.1) is 0 Å². The van der Waals surface area contributed by atoms with Crippen LogP contribution in [0.2, 0.25) is 0 Å². The van der Waals surface area contributed by atoms with Crippen LogP contribution in [0.5, 0.6) is 11.5 Å². The molecule has 6 nitrogen and oxygen atoms in total. The van der Waals surface area contributed by atoms with Gasteiger partial charge in [-0.05, 0) is 18.6 Å². The van der Waals surface area contributed by atoms with Crippen molar-refractivity contribution in [1.82, 2.24) is 10.2 Å². The topological polar surface area (TPSA) is 87.2 Å². The first-order valence-electron chi connectivity index (χ1n) is 5.87. The molecule has 1 heterocycles. The van der Waals surface area contributed by atoms with Crippen LogP contribution in [0.4, 0.5) is 5.82 Å². The number of aromatic hydroxyl groups is 1. The van der Waals surface area contributed by atoms with Gasteiger partial charge in [-0.1, -0.05) is 13.0 Å². The van der Waals surface area contributed by atoms with Crippen LogP contribution in [0.25, 0.3) is 0 Å². The zero-order chi connectivity index (χ0) is 13.8. The molecule has 3 N–H and O–H groups in total. The maximum Gasteiger partial charge on any atom is 0.260 e. The predicted octanol–water partition coefficient (Wildman–Crippen LogP) is 1.94. The van der Waals surface area contributed by atoms with Gasteiger partial charge in [0, 0.05) is 5.56 Å². The van der Waals surface area contributed by atoms with E-state index in [1.807, 2.05) is 6.92 Å². The number of rotatable bonds is 4. The number of anilines is 1. The van der Waals surface area contributed by atoms with Gasteiger partial charge in [0.2, 0.25) is 0 Å². The number of ether oxygens (including phenoxy) is 1. The van der Waals surface area contributed by atoms with Gasteiger partial charge in [-0.3, -0.25) is 9.89 Å². The fourth-order valence-corrected chi connectivity index (χ4v) is 1.74. The second-order valence-electron chi connectivity index (χ2n) is 3.93. The van der Waals surface area contributed by atoms with Crippen molar-refractivity contribution in [3.8, 4) is 11.5 Å². The van der Waals surface area contributed by atoms with Gasteiger partial charge in [0.15, 0.2) is 11.5 Å². The number of nitrogens with zero attached hydrogens (tertiary/aromatic N) is 1. The maximum absolute atomic E-state index is 12.1. The summed E-state index contributed by atoms with van der Waals surface area (Å²) in [6.07, 6.45) is 2.40. The van der Waals surface area contributed by atoms with E-state index in [0.29, 0.717) is 5.82 Å². The smallest absolute Gasteiger partial charge is 0.260 e. The number of phenolic OH excluding ortho intramolecular Hbond substituents is 1. The normalized spacial score (nSPS) is 10.2. The predicted molar refractivity (Wildman–Crippen MR) is 70.6 cm³/mol. The standard InChI is InChI=1S/C13H15N3O3/c1-3-8-7-14-16-12(8)15-13(18)9-5-4-6-10(19-2)11(9)17/h4-7,17H,3H2,1-2H3,(H2,14,15,16,18). The van der Waals surface area contributed by atoms with E-state index in [9.17, 15) is 9.90 Å². The fraction of sp³-hybridized carbons (Fsp3) is 0.231. The number of benzene rings is 1. The number of amides is 1. The van der Waals surface area contributed by atoms with Crippen LogP contribution in [0.15, 0.2) is 24.4 Å². The van der Waals surface area contributed by atoms with Crippen molar-refractivity contribution in [2.75, 3.05) is 12.4 Å². The Bertz CT molecular complexity index is 593. The Morgan fingerprint density at radius 2 is 2.32 bits per heavy atom. The molecule has 2 aromatic rings. The average molecular weight is 261 g/mol. The molecule has 100 valence electrons. The van der Waals surface area contributed by atoms with E-state index in [2.05, 4.69) is 15.5 Å². The third kappa shape index (κ3) is 2.52. The SMILES string of the molecule is CCc1cn[nH]c1NC(=O)c1cccc(OC)c1O. The first kappa shape index (κ1) is 12.9. The van der Waals surface area contributed by atoms with Crippen LogP contribution >= 0.6 is 0 Å². The highest BCUT2D eigenvalue weighted by molar-refractivity contribution is 6.06. The monoisotopic (exact) mass is 261 g/mol. The summed E-state index contributed by atoms with van der Waals surface area (Å²) in [6.45, 7) is 1.96. The van der Waals surface area contributed by atoms with Crippen molar-refractivity contribution < 1.29 is 14.6 Å². The Labute approximate surface area is 110 Å². The van der Waals surface area contributed by atoms with Crippen molar-refractivity contribution >= 4 is 11.7 Å². The molecule has 1 aromatic carbocycles. The third-order valence-corrected chi connectivity index (χ3v) is 2.80. The molecule has 0 unspecified atom stereocenters. The number of phenols is 1. The summed E-state index contributed by atoms with van der Waals surface area (Å²) in [5.41, 5.74) is 1.05. The lowest BCUT2D eigenvalue weighted by atomic mass is 10.1. The zero-order valence-electron chi connectivity index (χ0n) is 10.7. The minimum absolute atomic E-state index is 0.149. The summed E-state index contributed by atoms with van der Waals surface area (Å²) >= 11 is 0. The summed E-state index contributed by atoms with van der Waals surface area (Å²) < 4.78 is 4.97. The third-order valence-electron chi connectivity index (χ3n) is 2.80. The van der Waals surface area contributed by atoms with Crippen LogP contribution in [0.3, 0.4) is 0 Å². The lowest BCUT2D eigenvalue weighted by Crippen LogP contribution is -2.13. The van der Waals surface area contributed by atoms with Gasteiger partial charge in [0.05, 0.1) is 18.9 Å². The number of nitrogens with one attached hydrogen (secondary N) is 2. The Hall–Kier alpha value is -2.50. The molecule has 0 aliphatic rings. The van der Waals surface area contributed by atoms with Crippen molar-refractivity contribution in [2.24, 2.45) is 0 Å². The van der Waals surface area contributed by atoms with Crippen LogP contribution < -0.4 is 10.1 Å². The summed E-state index contributed by atoms with van der Waals surface area (Å²) in [5, 5.41) is 19.2. The summed E-state index contributed by atoms with van der Waals surface area (Å²) in [4.78, 5) is 12.1. The lowest BCUT2D eigenvalue weighted by molar-refractivity contribution is 0.102. The Morgan fingerprint density at radius 3 is 3.00 bits per heavy atom. The molecule has 0 radical (unpaired) electrons. The molecule has 0 saturated carbocycles. The molecule has 0 atom stereocenters. The highest BCUT2D eigenvalue weighted by Gasteiger charge is 2.16. The van der Waals surface area contributed by atoms with E-state index in [-0.39, 0.29) is 17.1 Å². The number of aryl methyl sites for hydroxylation is 1. The molecule has 0 fully saturated rings. The fourth-order valence-electron chi connectivity index (χ4n) is 1.74. The number of hydrogen-bond acceptors (Lipinski definition) is 4. The number of hydrogen-bond donors (Lipinski definition) is 3. The molecule has 0 aliphatic heterocycles. The number of aromatic amines is 1. The molecule has 1 amide bonds. The van der Waals surface area contributed by atoms with Crippen molar-refractivity contribution in [3.05, 3.63) is 35.5 Å². The molecule has 0 bridgehead atoms. The van der Waals surface area contributed by atoms with Crippen molar-refractivity contribution in [3.63, 3.8) is 0 Å². The van der Waals surface area contributed by atoms with E-state index >= 15 is 0 Å². The minimum atomic E-state index is -0.421. The summed E-state index contributed by atoms with van der Waals surface area (Å²) in [5.74, 6) is 0.193. The summed E-state index contributed by atoms with van der Waals surface area (Å²) in [6, 6.07) is 4.75. The molecular weight excluding hydrogens is 246 g/mol. The zero-order valence-corrected chi connectivity index (χ0v) is 10.7. The number of aromatic nitrogens is 2. The van der Waals surface area contributed by atoms with Crippen molar-refractivity contribution in [2.45, 2.75) is 13.3 Å². The van der Waals surface area contributed by atoms with E-state index < -0.39 is 5.91 Å². The van der Waals surface area contributed by atoms with Crippen LogP contribution in [-0.2, 0) is 6.42 Å². The van der Waals surface area contributed by atoms with Gasteiger partial charge < -0.3 is 15.2 Å². The number of carbonyl (C=O) groups is 1. The maximum atomic E-state index is 12.1. The van der Waals surface area contributed by atoms with Gasteiger partial charge in [0.1, 0.15) is 5.82 Å². The second-order valence-corrected chi connectivity index (χ2v) is 3.93. The molecule has 1 aromatic heterocycles. The first-order valence-corrected chi connectivity index (χ1v) is 5.87. The number of H-pyrrole nitrogens is 1. The summed E-state index contributed by atoms with van der Waals surface area (Å²) in [7, 11) is 1.43. The van der Waals surface area contributed by atoms with Crippen LogP contribution in [0.1, 0.15) is 22.8 Å². The highest BCUT2D eigenvalue weighted by atomic mass is 16.5. The number of methoxy groups -OCH3 is 1. The molecule has 19 heavy (non-hydrogen) atoms. The molecule has 0 aliphatic carbocycles. The molecular formula is C13H15N3O3. The largest absolute Gasteiger partial charge is 0.504 e. The average Bonchev–Trinajstić information content (AvgIpc) is 2.86. The molecule has 0 saturated heterocycles. The minimum Gasteiger partial charge on any atom is -0.504 e. The van der Waals surface area contributed by atoms with Gasteiger partial charge >= 0.3 is 0 Å². The number of carbonyl (C=O) groups excluding carboxylic acids is 1. The van der Waals surface area contributed by atoms with E-state index in [1.165, 1.54) is 13.2 Å². The Morgan fingerprint density at radius 1 is 1.53 bits per heavy atom. The molecule has 0 spiro atoms. The Balaban J connectivity index is 2.26. The Kier molecular flexibility index (Phi) is 3.70. The van der Waals surface area contributed by atoms with Gasteiger partial charge in [-0.2, -0.15) is 5.10 Å². The van der Waals surface area contributed by atoms with Gasteiger partial charge in [0.25, 0.3) is 5.91 Å². The van der Waals surface area contributed by atoms with E-state index in [0.717, 1.165) is 12.0 Å². The van der Waals surface area contributed by atoms with E-state index in [4.69, 9.17) is 4.74 Å². The number of para-hydroxylation sites is 1. The molecule has 6 heteroatoms. The quantitative estimate of drug-likeness (QED) is 0.784. The van der Waals surface area contributed by atoms with Crippen LogP contribution in [0, 0.1) is 0 Å². The van der Waals surface area contributed by atoms with Gasteiger partial charge in [-0.25, -0.2) is 0 Å². The lowest BCUT2D eigenvalue weighted by Gasteiger charge is -2.09.